The highest BCUT2D eigenvalue weighted by Gasteiger charge is 2.30. The number of H-pyrrole nitrogens is 1. The molecule has 3 heterocycles. The van der Waals surface area contributed by atoms with Gasteiger partial charge in [0.05, 0.1) is 11.4 Å². The van der Waals surface area contributed by atoms with Crippen molar-refractivity contribution >= 4 is 11.0 Å². The number of rotatable bonds is 4. The Labute approximate surface area is 154 Å². The normalized spacial score (nSPS) is 23.6. The Bertz CT molecular complexity index is 885. The molecule has 0 saturated heterocycles. The molecule has 136 valence electrons. The number of hydrogen-bond donors (Lipinski definition) is 2. The minimum Gasteiger partial charge on any atom is -0.327 e. The van der Waals surface area contributed by atoms with E-state index in [1.807, 2.05) is 18.2 Å². The van der Waals surface area contributed by atoms with Gasteiger partial charge in [-0.25, -0.2) is 4.98 Å². The molecule has 1 unspecified atom stereocenters. The molecule has 26 heavy (non-hydrogen) atoms. The highest BCUT2D eigenvalue weighted by Crippen LogP contribution is 2.38. The maximum atomic E-state index is 6.40. The Balaban J connectivity index is 1.61. The number of hydrogen-bond acceptors (Lipinski definition) is 4. The van der Waals surface area contributed by atoms with Gasteiger partial charge in [0.1, 0.15) is 0 Å². The fourth-order valence-corrected chi connectivity index (χ4v) is 4.30. The Morgan fingerprint density at radius 3 is 2.92 bits per heavy atom. The Kier molecular flexibility index (Phi) is 4.72. The second-order valence-electron chi connectivity index (χ2n) is 7.98. The summed E-state index contributed by atoms with van der Waals surface area (Å²) in [5, 5.41) is 8.42. The van der Waals surface area contributed by atoms with Gasteiger partial charge >= 0.3 is 0 Å². The van der Waals surface area contributed by atoms with Gasteiger partial charge < -0.3 is 5.73 Å². The Hall–Kier alpha value is -2.27. The lowest BCUT2D eigenvalue weighted by Crippen LogP contribution is -2.36. The van der Waals surface area contributed by atoms with Gasteiger partial charge in [0.2, 0.25) is 0 Å². The van der Waals surface area contributed by atoms with Crippen molar-refractivity contribution in [2.24, 2.45) is 17.6 Å². The third-order valence-electron chi connectivity index (χ3n) is 5.59. The van der Waals surface area contributed by atoms with Gasteiger partial charge in [0, 0.05) is 29.2 Å². The third-order valence-corrected chi connectivity index (χ3v) is 5.59. The molecule has 3 N–H and O–H groups in total. The van der Waals surface area contributed by atoms with E-state index in [4.69, 9.17) is 10.7 Å². The summed E-state index contributed by atoms with van der Waals surface area (Å²) in [6, 6.07) is 10.6. The molecule has 0 bridgehead atoms. The molecule has 0 aromatic carbocycles. The first-order valence-corrected chi connectivity index (χ1v) is 9.64. The van der Waals surface area contributed by atoms with Crippen molar-refractivity contribution < 1.29 is 0 Å². The van der Waals surface area contributed by atoms with Crippen molar-refractivity contribution in [3.63, 3.8) is 0 Å². The van der Waals surface area contributed by atoms with Gasteiger partial charge in [-0.1, -0.05) is 19.9 Å². The van der Waals surface area contributed by atoms with Gasteiger partial charge in [-0.3, -0.25) is 10.1 Å². The lowest BCUT2D eigenvalue weighted by molar-refractivity contribution is 0.240. The van der Waals surface area contributed by atoms with E-state index in [0.717, 1.165) is 41.7 Å². The topological polar surface area (TPSA) is 80.5 Å². The molecule has 0 aliphatic heterocycles. The number of fused-ring (bicyclic) bond motifs is 1. The molecule has 1 saturated carbocycles. The number of nitrogens with zero attached hydrogens (tertiary/aromatic N) is 3. The first-order chi connectivity index (χ1) is 12.6. The van der Waals surface area contributed by atoms with Crippen molar-refractivity contribution in [2.75, 3.05) is 0 Å². The summed E-state index contributed by atoms with van der Waals surface area (Å²) < 4.78 is 0. The van der Waals surface area contributed by atoms with Crippen LogP contribution in [-0.4, -0.2) is 26.2 Å². The predicted octanol–water partition coefficient (Wildman–Crippen LogP) is 4.28. The van der Waals surface area contributed by atoms with E-state index in [1.165, 1.54) is 12.1 Å². The number of nitrogens with one attached hydrogen (secondary N) is 1. The van der Waals surface area contributed by atoms with Crippen LogP contribution >= 0.6 is 0 Å². The minimum absolute atomic E-state index is 0.333. The summed E-state index contributed by atoms with van der Waals surface area (Å²) in [6.07, 6.45) is 6.31. The summed E-state index contributed by atoms with van der Waals surface area (Å²) in [4.78, 5) is 9.29. The quantitative estimate of drug-likeness (QED) is 0.737. The SMILES string of the molecule is CC(C)C[C@@H]1CC(c2cccc(-c3[nH]nc4ncccc34)n2)CC[C@@H]1N. The lowest BCUT2D eigenvalue weighted by Gasteiger charge is -2.35. The van der Waals surface area contributed by atoms with Crippen LogP contribution in [0.1, 0.15) is 51.1 Å². The van der Waals surface area contributed by atoms with Crippen LogP contribution in [0.3, 0.4) is 0 Å². The van der Waals surface area contributed by atoms with E-state index < -0.39 is 0 Å². The van der Waals surface area contributed by atoms with Gasteiger partial charge in [0.25, 0.3) is 0 Å². The first kappa shape index (κ1) is 17.2. The molecule has 4 rings (SSSR count). The highest BCUT2D eigenvalue weighted by atomic mass is 15.2. The van der Waals surface area contributed by atoms with Gasteiger partial charge in [-0.15, -0.1) is 0 Å². The first-order valence-electron chi connectivity index (χ1n) is 9.64. The number of aromatic amines is 1. The van der Waals surface area contributed by atoms with E-state index >= 15 is 0 Å². The summed E-state index contributed by atoms with van der Waals surface area (Å²) in [7, 11) is 0. The van der Waals surface area contributed by atoms with Gasteiger partial charge in [-0.05, 0) is 61.8 Å². The molecule has 0 spiro atoms. The number of aromatic nitrogens is 4. The maximum Gasteiger partial charge on any atom is 0.181 e. The van der Waals surface area contributed by atoms with Crippen molar-refractivity contribution in [1.82, 2.24) is 20.2 Å². The standard InChI is InChI=1S/C21H27N5/c1-13(2)11-15-12-14(8-9-17(15)22)18-6-3-7-19(24-18)20-16-5-4-10-23-21(16)26-25-20/h3-7,10,13-15,17H,8-9,11-12,22H2,1-2H3,(H,23,25,26)/t14?,15-,17+/m1/s1. The molecule has 5 heteroatoms. The number of pyridine rings is 2. The molecule has 5 nitrogen and oxygen atoms in total. The zero-order valence-corrected chi connectivity index (χ0v) is 15.5. The minimum atomic E-state index is 0.333. The Morgan fingerprint density at radius 1 is 1.19 bits per heavy atom. The number of nitrogens with two attached hydrogens (primary N) is 1. The van der Waals surface area contributed by atoms with Gasteiger partial charge in [0.15, 0.2) is 5.65 Å². The van der Waals surface area contributed by atoms with E-state index in [0.29, 0.717) is 23.8 Å². The molecule has 3 aromatic heterocycles. The van der Waals surface area contributed by atoms with Crippen LogP contribution in [0.4, 0.5) is 0 Å². The summed E-state index contributed by atoms with van der Waals surface area (Å²) >= 11 is 0. The summed E-state index contributed by atoms with van der Waals surface area (Å²) in [5.41, 5.74) is 10.2. The van der Waals surface area contributed by atoms with Crippen molar-refractivity contribution in [1.29, 1.82) is 0 Å². The molecular formula is C21H27N5. The average molecular weight is 349 g/mol. The molecule has 1 fully saturated rings. The van der Waals surface area contributed by atoms with E-state index in [-0.39, 0.29) is 0 Å². The second-order valence-corrected chi connectivity index (χ2v) is 7.98. The molecule has 3 atom stereocenters. The average Bonchev–Trinajstić information content (AvgIpc) is 3.07. The summed E-state index contributed by atoms with van der Waals surface area (Å²) in [5.74, 6) is 1.77. The van der Waals surface area contributed by atoms with Crippen LogP contribution in [0.15, 0.2) is 36.5 Å². The highest BCUT2D eigenvalue weighted by molar-refractivity contribution is 5.89. The zero-order chi connectivity index (χ0) is 18.1. The van der Waals surface area contributed by atoms with Crippen LogP contribution in [0.25, 0.3) is 22.4 Å². The van der Waals surface area contributed by atoms with E-state index in [1.54, 1.807) is 6.20 Å². The second kappa shape index (κ2) is 7.16. The predicted molar refractivity (Wildman–Crippen MR) is 105 cm³/mol. The summed E-state index contributed by atoms with van der Waals surface area (Å²) in [6.45, 7) is 4.57. The van der Waals surface area contributed by atoms with Crippen molar-refractivity contribution in [3.05, 3.63) is 42.2 Å². The largest absolute Gasteiger partial charge is 0.327 e. The van der Waals surface area contributed by atoms with Gasteiger partial charge in [-0.2, -0.15) is 5.10 Å². The molecule has 1 aliphatic rings. The smallest absolute Gasteiger partial charge is 0.181 e. The van der Waals surface area contributed by atoms with Crippen LogP contribution in [0.5, 0.6) is 0 Å². The van der Waals surface area contributed by atoms with E-state index in [2.05, 4.69) is 41.2 Å². The maximum absolute atomic E-state index is 6.40. The monoisotopic (exact) mass is 349 g/mol. The molecular weight excluding hydrogens is 322 g/mol. The fraction of sp³-hybridized carbons (Fsp3) is 0.476. The third kappa shape index (κ3) is 3.36. The molecule has 0 amide bonds. The zero-order valence-electron chi connectivity index (χ0n) is 15.5. The lowest BCUT2D eigenvalue weighted by atomic mass is 9.74. The van der Waals surface area contributed by atoms with Crippen LogP contribution < -0.4 is 5.73 Å². The van der Waals surface area contributed by atoms with E-state index in [9.17, 15) is 0 Å². The Morgan fingerprint density at radius 2 is 2.08 bits per heavy atom. The van der Waals surface area contributed by atoms with Crippen LogP contribution in [-0.2, 0) is 0 Å². The molecule has 0 radical (unpaired) electrons. The molecule has 1 aliphatic carbocycles. The van der Waals surface area contributed by atoms with Crippen molar-refractivity contribution in [2.45, 2.75) is 51.5 Å². The van der Waals surface area contributed by atoms with Crippen LogP contribution in [0.2, 0.25) is 0 Å². The van der Waals surface area contributed by atoms with Crippen molar-refractivity contribution in [3.8, 4) is 11.4 Å². The molecule has 3 aromatic rings. The van der Waals surface area contributed by atoms with Crippen LogP contribution in [0, 0.1) is 11.8 Å². The fourth-order valence-electron chi connectivity index (χ4n) is 4.30.